The second kappa shape index (κ2) is 9.07. The van der Waals surface area contributed by atoms with Gasteiger partial charge in [-0.15, -0.1) is 0 Å². The topological polar surface area (TPSA) is 93.2 Å². The molecule has 7 nitrogen and oxygen atoms in total. The van der Waals surface area contributed by atoms with Crippen LogP contribution in [0.15, 0.2) is 0 Å². The van der Waals surface area contributed by atoms with Gasteiger partial charge in [0, 0.05) is 19.0 Å². The highest BCUT2D eigenvalue weighted by Crippen LogP contribution is 2.34. The highest BCUT2D eigenvalue weighted by molar-refractivity contribution is 5.96. The highest BCUT2D eigenvalue weighted by atomic mass is 16.2. The zero-order valence-electron chi connectivity index (χ0n) is 17.5. The lowest BCUT2D eigenvalue weighted by atomic mass is 9.88. The van der Waals surface area contributed by atoms with Gasteiger partial charge < -0.3 is 20.5 Å². The molecule has 0 spiro atoms. The van der Waals surface area contributed by atoms with Gasteiger partial charge in [0.05, 0.1) is 5.69 Å². The van der Waals surface area contributed by atoms with Crippen molar-refractivity contribution in [2.75, 3.05) is 13.6 Å². The number of nitrogens with one attached hydrogen (secondary N) is 1. The molecule has 1 fully saturated rings. The van der Waals surface area contributed by atoms with Crippen LogP contribution in [0.3, 0.4) is 0 Å². The minimum absolute atomic E-state index is 0.265. The van der Waals surface area contributed by atoms with Gasteiger partial charge in [0.2, 0.25) is 5.91 Å². The summed E-state index contributed by atoms with van der Waals surface area (Å²) in [5.74, 6) is 0.998. The van der Waals surface area contributed by atoms with Crippen LogP contribution in [0, 0.1) is 5.92 Å². The quantitative estimate of drug-likeness (QED) is 0.781. The molecule has 3 rings (SSSR count). The average molecular weight is 390 g/mol. The molecule has 0 radical (unpaired) electrons. The first-order valence-electron chi connectivity index (χ1n) is 10.7. The van der Waals surface area contributed by atoms with Crippen LogP contribution in [0.4, 0.5) is 0 Å². The lowest BCUT2D eigenvalue weighted by molar-refractivity contribution is -0.120. The van der Waals surface area contributed by atoms with Gasteiger partial charge in [-0.2, -0.15) is 0 Å². The second-order valence-corrected chi connectivity index (χ2v) is 8.90. The van der Waals surface area contributed by atoms with Crippen molar-refractivity contribution in [1.29, 1.82) is 0 Å². The Morgan fingerprint density at radius 3 is 2.54 bits per heavy atom. The van der Waals surface area contributed by atoms with E-state index in [2.05, 4.69) is 21.8 Å². The summed E-state index contributed by atoms with van der Waals surface area (Å²) >= 11 is 0. The lowest BCUT2D eigenvalue weighted by Gasteiger charge is -2.22. The minimum Gasteiger partial charge on any atom is -0.368 e. The smallest absolute Gasteiger partial charge is 0.272 e. The number of carbonyl (C=O) groups excluding carboxylic acids is 2. The number of rotatable bonds is 6. The Kier molecular flexibility index (Phi) is 6.75. The summed E-state index contributed by atoms with van der Waals surface area (Å²) in [5, 5.41) is 2.86. The van der Waals surface area contributed by atoms with Crippen molar-refractivity contribution in [1.82, 2.24) is 19.8 Å². The summed E-state index contributed by atoms with van der Waals surface area (Å²) in [6, 6.07) is -0.661. The molecule has 1 aliphatic heterocycles. The Balaban J connectivity index is 1.91. The predicted octanol–water partition coefficient (Wildman–Crippen LogP) is 2.40. The summed E-state index contributed by atoms with van der Waals surface area (Å²) in [6.07, 6.45) is 7.62. The van der Waals surface area contributed by atoms with Crippen LogP contribution in [0.25, 0.3) is 0 Å². The molecule has 1 aliphatic carbocycles. The van der Waals surface area contributed by atoms with Crippen molar-refractivity contribution >= 4 is 11.8 Å². The number of nitrogens with two attached hydrogens (primary N) is 1. The van der Waals surface area contributed by atoms with E-state index in [4.69, 9.17) is 10.7 Å². The van der Waals surface area contributed by atoms with Crippen LogP contribution >= 0.6 is 0 Å². The molecule has 1 atom stereocenters. The first-order chi connectivity index (χ1) is 13.4. The molecule has 2 heterocycles. The van der Waals surface area contributed by atoms with Crippen molar-refractivity contribution in [2.24, 2.45) is 11.7 Å². The number of imidazole rings is 1. The maximum Gasteiger partial charge on any atom is 0.272 e. The standard InChI is InChI=1S/C21H35N5O2/c1-14(2)12-16(19(22)27)23-21(28)18-17-13-25(3)10-7-11-26(17)20(24-18)15-8-5-4-6-9-15/h14-16H,4-13H2,1-3H3,(H2,22,27)(H,23,28)/t16-/m0/s1. The molecule has 0 bridgehead atoms. The van der Waals surface area contributed by atoms with E-state index in [0.717, 1.165) is 43.9 Å². The fraction of sp³-hybridized carbons (Fsp3) is 0.762. The summed E-state index contributed by atoms with van der Waals surface area (Å²) in [7, 11) is 2.08. The second-order valence-electron chi connectivity index (χ2n) is 8.90. The largest absolute Gasteiger partial charge is 0.368 e. The van der Waals surface area contributed by atoms with Crippen molar-refractivity contribution in [2.45, 2.75) is 83.8 Å². The number of carbonyl (C=O) groups is 2. The van der Waals surface area contributed by atoms with E-state index >= 15 is 0 Å². The normalized spacial score (nSPS) is 19.9. The fourth-order valence-electron chi connectivity index (χ4n) is 4.55. The molecule has 0 aromatic carbocycles. The Bertz CT molecular complexity index is 706. The number of fused-ring (bicyclic) bond motifs is 1. The van der Waals surface area contributed by atoms with Crippen molar-refractivity contribution in [3.8, 4) is 0 Å². The van der Waals surface area contributed by atoms with Gasteiger partial charge >= 0.3 is 0 Å². The molecule has 1 aromatic heterocycles. The third-order valence-corrected chi connectivity index (χ3v) is 5.98. The molecule has 1 aromatic rings. The van der Waals surface area contributed by atoms with Crippen LogP contribution in [0.5, 0.6) is 0 Å². The van der Waals surface area contributed by atoms with Crippen LogP contribution in [0.2, 0.25) is 0 Å². The van der Waals surface area contributed by atoms with E-state index in [1.54, 1.807) is 0 Å². The molecule has 0 unspecified atom stereocenters. The first kappa shape index (κ1) is 20.8. The maximum absolute atomic E-state index is 13.1. The molecule has 28 heavy (non-hydrogen) atoms. The van der Waals surface area contributed by atoms with E-state index in [9.17, 15) is 9.59 Å². The van der Waals surface area contributed by atoms with E-state index in [0.29, 0.717) is 24.6 Å². The maximum atomic E-state index is 13.1. The molecule has 3 N–H and O–H groups in total. The van der Waals surface area contributed by atoms with Crippen molar-refractivity contribution < 1.29 is 9.59 Å². The van der Waals surface area contributed by atoms with Gasteiger partial charge in [0.15, 0.2) is 5.69 Å². The number of hydrogen-bond donors (Lipinski definition) is 2. The predicted molar refractivity (Wildman–Crippen MR) is 109 cm³/mol. The van der Waals surface area contributed by atoms with Gasteiger partial charge in [0.25, 0.3) is 5.91 Å². The molecule has 2 amide bonds. The Labute approximate surface area is 168 Å². The Morgan fingerprint density at radius 2 is 1.89 bits per heavy atom. The minimum atomic E-state index is -0.661. The van der Waals surface area contributed by atoms with Crippen LogP contribution in [-0.2, 0) is 17.9 Å². The van der Waals surface area contributed by atoms with Gasteiger partial charge in [0.1, 0.15) is 11.9 Å². The highest BCUT2D eigenvalue weighted by Gasteiger charge is 2.31. The van der Waals surface area contributed by atoms with E-state index in [1.165, 1.54) is 19.3 Å². The van der Waals surface area contributed by atoms with Gasteiger partial charge in [-0.3, -0.25) is 9.59 Å². The van der Waals surface area contributed by atoms with E-state index in [1.807, 2.05) is 13.8 Å². The summed E-state index contributed by atoms with van der Waals surface area (Å²) in [5.41, 5.74) is 6.98. The molecule has 2 aliphatic rings. The molecule has 7 heteroatoms. The average Bonchev–Trinajstić information content (AvgIpc) is 2.88. The SMILES string of the molecule is CC(C)C[C@H](NC(=O)c1nc(C2CCCCC2)n2c1CN(C)CCC2)C(N)=O. The third kappa shape index (κ3) is 4.74. The fourth-order valence-corrected chi connectivity index (χ4v) is 4.55. The Morgan fingerprint density at radius 1 is 1.18 bits per heavy atom. The lowest BCUT2D eigenvalue weighted by Crippen LogP contribution is -2.45. The summed E-state index contributed by atoms with van der Waals surface area (Å²) in [6.45, 7) is 6.64. The number of aromatic nitrogens is 2. The molecule has 1 saturated carbocycles. The van der Waals surface area contributed by atoms with Crippen LogP contribution in [0.1, 0.15) is 86.7 Å². The van der Waals surface area contributed by atoms with E-state index < -0.39 is 11.9 Å². The molecule has 0 saturated heterocycles. The zero-order valence-corrected chi connectivity index (χ0v) is 17.5. The van der Waals surface area contributed by atoms with Crippen LogP contribution in [-0.4, -0.2) is 45.9 Å². The molecular formula is C21H35N5O2. The molecule has 156 valence electrons. The van der Waals surface area contributed by atoms with E-state index in [-0.39, 0.29) is 11.8 Å². The van der Waals surface area contributed by atoms with Gasteiger partial charge in [-0.1, -0.05) is 33.1 Å². The zero-order chi connectivity index (χ0) is 20.3. The Hall–Kier alpha value is -1.89. The van der Waals surface area contributed by atoms with Crippen LogP contribution < -0.4 is 11.1 Å². The van der Waals surface area contributed by atoms with Crippen molar-refractivity contribution in [3.63, 3.8) is 0 Å². The summed E-state index contributed by atoms with van der Waals surface area (Å²) < 4.78 is 2.29. The monoisotopic (exact) mass is 389 g/mol. The number of nitrogens with zero attached hydrogens (tertiary/aromatic N) is 3. The first-order valence-corrected chi connectivity index (χ1v) is 10.7. The number of amides is 2. The third-order valence-electron chi connectivity index (χ3n) is 5.98. The van der Waals surface area contributed by atoms with Gasteiger partial charge in [-0.05, 0) is 45.2 Å². The number of hydrogen-bond acceptors (Lipinski definition) is 4. The number of primary amides is 1. The van der Waals surface area contributed by atoms with Gasteiger partial charge in [-0.25, -0.2) is 4.98 Å². The van der Waals surface area contributed by atoms with Crippen molar-refractivity contribution in [3.05, 3.63) is 17.2 Å². The molecular weight excluding hydrogens is 354 g/mol. The summed E-state index contributed by atoms with van der Waals surface area (Å²) in [4.78, 5) is 32.0.